The van der Waals surface area contributed by atoms with E-state index in [9.17, 15) is 0 Å². The molecule has 0 radical (unpaired) electrons. The second-order valence-corrected chi connectivity index (χ2v) is 8.47. The first-order valence-electron chi connectivity index (χ1n) is 8.62. The summed E-state index contributed by atoms with van der Waals surface area (Å²) in [6.45, 7) is 10.6. The SMILES string of the molecule is Cc1ccsc1CN1CC2(CCCCC2)NCC1C(C)C. The summed E-state index contributed by atoms with van der Waals surface area (Å²) in [6.07, 6.45) is 6.99. The van der Waals surface area contributed by atoms with E-state index < -0.39 is 0 Å². The van der Waals surface area contributed by atoms with Crippen LogP contribution in [0.15, 0.2) is 11.4 Å². The molecule has 1 unspecified atom stereocenters. The van der Waals surface area contributed by atoms with Crippen molar-refractivity contribution < 1.29 is 0 Å². The van der Waals surface area contributed by atoms with Crippen LogP contribution in [-0.4, -0.2) is 29.6 Å². The fourth-order valence-electron chi connectivity index (χ4n) is 4.16. The molecule has 1 spiro atoms. The largest absolute Gasteiger partial charge is 0.308 e. The first kappa shape index (κ1) is 15.5. The lowest BCUT2D eigenvalue weighted by molar-refractivity contribution is 0.0315. The summed E-state index contributed by atoms with van der Waals surface area (Å²) in [5.74, 6) is 0.721. The Bertz CT molecular complexity index is 460. The quantitative estimate of drug-likeness (QED) is 0.901. The maximum atomic E-state index is 3.95. The molecule has 2 heterocycles. The average Bonchev–Trinajstić information content (AvgIpc) is 2.85. The van der Waals surface area contributed by atoms with Gasteiger partial charge in [0.05, 0.1) is 0 Å². The molecule has 1 aromatic heterocycles. The summed E-state index contributed by atoms with van der Waals surface area (Å²) in [5, 5.41) is 6.20. The average molecular weight is 307 g/mol. The Hall–Kier alpha value is -0.380. The van der Waals surface area contributed by atoms with Crippen LogP contribution in [0, 0.1) is 12.8 Å². The van der Waals surface area contributed by atoms with Crippen LogP contribution in [-0.2, 0) is 6.54 Å². The molecular formula is C18H30N2S. The molecule has 1 aromatic rings. The summed E-state index contributed by atoms with van der Waals surface area (Å²) < 4.78 is 0. The standard InChI is InChI=1S/C18H30N2S/c1-14(2)16-11-19-18(8-5-4-6-9-18)13-20(16)12-17-15(3)7-10-21-17/h7,10,14,16,19H,4-6,8-9,11-13H2,1-3H3. The molecule has 2 fully saturated rings. The Morgan fingerprint density at radius 2 is 2.10 bits per heavy atom. The van der Waals surface area contributed by atoms with Crippen molar-refractivity contribution in [2.75, 3.05) is 13.1 Å². The van der Waals surface area contributed by atoms with Crippen molar-refractivity contribution >= 4 is 11.3 Å². The highest BCUT2D eigenvalue weighted by molar-refractivity contribution is 7.10. The predicted octanol–water partition coefficient (Wildman–Crippen LogP) is 4.19. The number of nitrogens with zero attached hydrogens (tertiary/aromatic N) is 1. The number of aryl methyl sites for hydroxylation is 1. The molecule has 1 aliphatic carbocycles. The first-order valence-corrected chi connectivity index (χ1v) is 9.50. The van der Waals surface area contributed by atoms with Gasteiger partial charge in [0.25, 0.3) is 0 Å². The number of thiophene rings is 1. The molecule has 2 nitrogen and oxygen atoms in total. The van der Waals surface area contributed by atoms with Gasteiger partial charge >= 0.3 is 0 Å². The molecule has 1 atom stereocenters. The number of hydrogen-bond acceptors (Lipinski definition) is 3. The van der Waals surface area contributed by atoms with E-state index >= 15 is 0 Å². The van der Waals surface area contributed by atoms with Crippen molar-refractivity contribution in [2.24, 2.45) is 5.92 Å². The van der Waals surface area contributed by atoms with Crippen molar-refractivity contribution in [3.8, 4) is 0 Å². The van der Waals surface area contributed by atoms with Gasteiger partial charge in [-0.2, -0.15) is 0 Å². The molecule has 1 N–H and O–H groups in total. The molecule has 0 amide bonds. The molecule has 0 bridgehead atoms. The lowest BCUT2D eigenvalue weighted by Crippen LogP contribution is -2.65. The summed E-state index contributed by atoms with van der Waals surface area (Å²) in [7, 11) is 0. The molecule has 1 saturated heterocycles. The Morgan fingerprint density at radius 3 is 2.71 bits per heavy atom. The van der Waals surface area contributed by atoms with Crippen molar-refractivity contribution in [1.82, 2.24) is 10.2 Å². The third-order valence-electron chi connectivity index (χ3n) is 5.56. The molecule has 2 aliphatic rings. The zero-order valence-corrected chi connectivity index (χ0v) is 14.6. The molecule has 0 aromatic carbocycles. The maximum absolute atomic E-state index is 3.95. The van der Waals surface area contributed by atoms with E-state index in [4.69, 9.17) is 0 Å². The van der Waals surface area contributed by atoms with E-state index in [2.05, 4.69) is 42.4 Å². The van der Waals surface area contributed by atoms with Crippen LogP contribution >= 0.6 is 11.3 Å². The van der Waals surface area contributed by atoms with Crippen molar-refractivity contribution in [3.05, 3.63) is 21.9 Å². The van der Waals surface area contributed by atoms with Crippen LogP contribution in [0.25, 0.3) is 0 Å². The van der Waals surface area contributed by atoms with Crippen LogP contribution in [0.4, 0.5) is 0 Å². The van der Waals surface area contributed by atoms with E-state index in [-0.39, 0.29) is 0 Å². The second-order valence-electron chi connectivity index (χ2n) is 7.47. The van der Waals surface area contributed by atoms with Crippen molar-refractivity contribution in [2.45, 2.75) is 71.0 Å². The van der Waals surface area contributed by atoms with Gasteiger partial charge in [-0.05, 0) is 42.7 Å². The lowest BCUT2D eigenvalue weighted by atomic mass is 9.78. The van der Waals surface area contributed by atoms with Gasteiger partial charge in [0.2, 0.25) is 0 Å². The minimum absolute atomic E-state index is 0.412. The highest BCUT2D eigenvalue weighted by atomic mass is 32.1. The Labute approximate surface area is 133 Å². The smallest absolute Gasteiger partial charge is 0.0334 e. The summed E-state index contributed by atoms with van der Waals surface area (Å²) in [5.41, 5.74) is 1.88. The molecule has 21 heavy (non-hydrogen) atoms. The number of nitrogens with one attached hydrogen (secondary N) is 1. The molecule has 118 valence electrons. The zero-order valence-electron chi connectivity index (χ0n) is 13.8. The van der Waals surface area contributed by atoms with Gasteiger partial charge in [0, 0.05) is 36.1 Å². The third kappa shape index (κ3) is 3.35. The molecule has 1 saturated carbocycles. The van der Waals surface area contributed by atoms with E-state index in [1.807, 2.05) is 11.3 Å². The zero-order chi connectivity index (χ0) is 14.9. The Kier molecular flexibility index (Phi) is 4.72. The minimum Gasteiger partial charge on any atom is -0.308 e. The van der Waals surface area contributed by atoms with Gasteiger partial charge < -0.3 is 5.32 Å². The topological polar surface area (TPSA) is 15.3 Å². The van der Waals surface area contributed by atoms with Crippen LogP contribution < -0.4 is 5.32 Å². The Balaban J connectivity index is 1.76. The number of hydrogen-bond donors (Lipinski definition) is 1. The number of rotatable bonds is 3. The summed E-state index contributed by atoms with van der Waals surface area (Å²) in [6, 6.07) is 2.95. The van der Waals surface area contributed by atoms with Crippen molar-refractivity contribution in [1.29, 1.82) is 0 Å². The summed E-state index contributed by atoms with van der Waals surface area (Å²) in [4.78, 5) is 4.35. The van der Waals surface area contributed by atoms with E-state index in [1.54, 1.807) is 4.88 Å². The monoisotopic (exact) mass is 306 g/mol. The van der Waals surface area contributed by atoms with Crippen LogP contribution in [0.1, 0.15) is 56.4 Å². The lowest BCUT2D eigenvalue weighted by Gasteiger charge is -2.51. The third-order valence-corrected chi connectivity index (χ3v) is 6.56. The van der Waals surface area contributed by atoms with Gasteiger partial charge in [-0.1, -0.05) is 33.1 Å². The fourth-order valence-corrected chi connectivity index (χ4v) is 5.09. The summed E-state index contributed by atoms with van der Waals surface area (Å²) >= 11 is 1.93. The van der Waals surface area contributed by atoms with Crippen LogP contribution in [0.5, 0.6) is 0 Å². The van der Waals surface area contributed by atoms with E-state index in [0.717, 1.165) is 12.5 Å². The molecule has 3 heteroatoms. The van der Waals surface area contributed by atoms with Crippen LogP contribution in [0.2, 0.25) is 0 Å². The highest BCUT2D eigenvalue weighted by Crippen LogP contribution is 2.34. The van der Waals surface area contributed by atoms with Gasteiger partial charge in [-0.3, -0.25) is 4.90 Å². The van der Waals surface area contributed by atoms with Gasteiger partial charge in [0.15, 0.2) is 0 Å². The number of piperazine rings is 1. The predicted molar refractivity (Wildman–Crippen MR) is 91.9 cm³/mol. The molecule has 3 rings (SSSR count). The highest BCUT2D eigenvalue weighted by Gasteiger charge is 2.40. The molecule has 1 aliphatic heterocycles. The normalized spacial score (nSPS) is 26.6. The fraction of sp³-hybridized carbons (Fsp3) is 0.778. The maximum Gasteiger partial charge on any atom is 0.0334 e. The van der Waals surface area contributed by atoms with Gasteiger partial charge in [-0.15, -0.1) is 11.3 Å². The van der Waals surface area contributed by atoms with Crippen LogP contribution in [0.3, 0.4) is 0 Å². The van der Waals surface area contributed by atoms with Gasteiger partial charge in [0.1, 0.15) is 0 Å². The van der Waals surface area contributed by atoms with Crippen molar-refractivity contribution in [3.63, 3.8) is 0 Å². The van der Waals surface area contributed by atoms with Gasteiger partial charge in [-0.25, -0.2) is 0 Å². The van der Waals surface area contributed by atoms with E-state index in [0.29, 0.717) is 11.6 Å². The Morgan fingerprint density at radius 1 is 1.33 bits per heavy atom. The first-order chi connectivity index (χ1) is 10.1. The minimum atomic E-state index is 0.412. The van der Waals surface area contributed by atoms with E-state index in [1.165, 1.54) is 50.8 Å². The second kappa shape index (κ2) is 6.39. The molecular weight excluding hydrogens is 276 g/mol.